The number of thioether (sulfide) groups is 2. The number of carboxylic acid groups (broad SMARTS) is 1. The minimum Gasteiger partial charge on any atom is -0.477 e. The predicted octanol–water partition coefficient (Wildman–Crippen LogP) is -1.44. The zero-order chi connectivity index (χ0) is 58.9. The number of aliphatic hydroxyl groups is 1. The first kappa shape index (κ1) is 66.4. The van der Waals surface area contributed by atoms with Crippen LogP contribution in [0.5, 0.6) is 0 Å². The molecule has 32 heteroatoms. The van der Waals surface area contributed by atoms with Gasteiger partial charge in [0.2, 0.25) is 5.91 Å². The van der Waals surface area contributed by atoms with Crippen molar-refractivity contribution < 1.29 is 139 Å². The molecule has 30 nitrogen and oxygen atoms in total. The first-order valence-electron chi connectivity index (χ1n) is 23.6. The number of carboxylic acids is 1. The molecule has 0 spiro atoms. The fourth-order valence-corrected chi connectivity index (χ4v) is 10.9. The molecule has 1 amide bonds. The predicted molar refractivity (Wildman–Crippen MR) is 256 cm³/mol. The van der Waals surface area contributed by atoms with Crippen molar-refractivity contribution in [3.8, 4) is 0 Å². The maximum Gasteiger partial charge on any atom is 0.365 e. The minimum atomic E-state index is -3.38. The van der Waals surface area contributed by atoms with Crippen LogP contribution in [-0.2, 0) is 129 Å². The van der Waals surface area contributed by atoms with Gasteiger partial charge in [0.05, 0.1) is 6.04 Å². The second-order valence-electron chi connectivity index (χ2n) is 17.4. The van der Waals surface area contributed by atoms with Crippen LogP contribution >= 0.6 is 23.5 Å². The Labute approximate surface area is 454 Å². The number of carbonyl (C=O) groups is 12. The van der Waals surface area contributed by atoms with Gasteiger partial charge in [-0.1, -0.05) is 0 Å². The van der Waals surface area contributed by atoms with E-state index in [2.05, 4.69) is 5.32 Å². The van der Waals surface area contributed by atoms with Crippen LogP contribution in [0, 0.1) is 0 Å². The summed E-state index contributed by atoms with van der Waals surface area (Å²) < 4.78 is 84.4. The third kappa shape index (κ3) is 19.5. The lowest BCUT2D eigenvalue weighted by Crippen LogP contribution is -2.73. The summed E-state index contributed by atoms with van der Waals surface area (Å²) in [7, 11) is 1.17. The molecule has 3 rings (SSSR count). The smallest absolute Gasteiger partial charge is 0.365 e. The zero-order valence-electron chi connectivity index (χ0n) is 44.5. The molecule has 440 valence electrons. The summed E-state index contributed by atoms with van der Waals surface area (Å²) in [6, 6.07) is -1.70. The van der Waals surface area contributed by atoms with Gasteiger partial charge in [-0.05, 0) is 0 Å². The normalized spacial score (nSPS) is 30.3. The van der Waals surface area contributed by atoms with E-state index in [9.17, 15) is 67.7 Å². The average molecular weight is 1160 g/mol. The summed E-state index contributed by atoms with van der Waals surface area (Å²) in [5, 5.41) is 23.2. The summed E-state index contributed by atoms with van der Waals surface area (Å²) in [5.41, 5.74) is 0. The SMILES string of the molecule is CO[C@@H]1O[C@H](COC(C)=O)[C@H](O[C@@H]2O[C@H](CSCCS[C@@H]3[C@H](OC(C)=O)[C@@H](NC(C)=O)[C@H]([C@H](OC(C)=O)[C@@H](COC(C)=O)OC(C)=O)O[C@]3(O)C(=O)O)[C@H](OC(C)=O)[C@H](OC(C)=O)[C@H]2OC(C)=O)[C@H](OC(C)=O)[C@H]1OC(C)=O. The molecular formula is C46H65NO29S2. The molecule has 17 atom stereocenters. The molecule has 0 saturated carbocycles. The van der Waals surface area contributed by atoms with Crippen molar-refractivity contribution in [2.75, 3.05) is 37.6 Å². The first-order chi connectivity index (χ1) is 36.4. The molecule has 3 N–H and O–H groups in total. The van der Waals surface area contributed by atoms with E-state index in [4.69, 9.17) is 71.1 Å². The highest BCUT2D eigenvalue weighted by Gasteiger charge is 2.64. The van der Waals surface area contributed by atoms with Gasteiger partial charge in [-0.3, -0.25) is 52.7 Å². The number of nitrogens with one attached hydrogen (secondary N) is 1. The zero-order valence-corrected chi connectivity index (χ0v) is 46.1. The molecule has 0 aromatic rings. The standard InChI is InChI=1S/C46H65NO29S2/c1-18(48)47-32-36(33(66-22(5)52)29(65-21(4)51)15-63-19(2)49)76-46(61,45(59)60)42(37(32)68-24(7)54)78-14-13-77-17-31-35(67-23(6)53)39(70-26(9)56)41(72-28(11)58)44(74-31)75-34-30(16-64-20(3)50)73-43(62-12)40(71-27(10)57)38(34)69-25(8)55/h29-44,61H,13-17H2,1-12H3,(H,47,48)(H,59,60)/t29-,30-,31-,32+,33-,34+,35+,36-,37-,38+,39+,40-,41-,42-,43-,44+,46+/m1/s1. The van der Waals surface area contributed by atoms with E-state index in [0.29, 0.717) is 11.8 Å². The maximum atomic E-state index is 13.1. The Hall–Kier alpha value is -5.90. The molecule has 0 aromatic heterocycles. The molecule has 78 heavy (non-hydrogen) atoms. The Balaban J connectivity index is 2.12. The van der Waals surface area contributed by atoms with Crippen LogP contribution in [0.15, 0.2) is 0 Å². The number of aliphatic carboxylic acids is 1. The number of hydrogen-bond acceptors (Lipinski definition) is 30. The van der Waals surface area contributed by atoms with Gasteiger partial charge in [0.25, 0.3) is 5.79 Å². The molecule has 3 aliphatic rings. The van der Waals surface area contributed by atoms with E-state index in [-0.39, 0.29) is 17.3 Å². The third-order valence-corrected chi connectivity index (χ3v) is 13.6. The highest BCUT2D eigenvalue weighted by molar-refractivity contribution is 8.03. The molecule has 0 aromatic carbocycles. The van der Waals surface area contributed by atoms with Gasteiger partial charge in [0.1, 0.15) is 49.0 Å². The quantitative estimate of drug-likeness (QED) is 0.0535. The topological polar surface area (TPSA) is 396 Å². The molecule has 3 fully saturated rings. The number of hydrogen-bond donors (Lipinski definition) is 3. The van der Waals surface area contributed by atoms with Crippen molar-refractivity contribution >= 4 is 95.1 Å². The molecule has 3 saturated heterocycles. The summed E-state index contributed by atoms with van der Waals surface area (Å²) in [5.74, 6) is -16.4. The Morgan fingerprint density at radius 2 is 1.03 bits per heavy atom. The van der Waals surface area contributed by atoms with Gasteiger partial charge < -0.3 is 86.6 Å². The Morgan fingerprint density at radius 1 is 0.551 bits per heavy atom. The lowest BCUT2D eigenvalue weighted by atomic mass is 9.87. The molecule has 3 aliphatic heterocycles. The van der Waals surface area contributed by atoms with Crippen LogP contribution < -0.4 is 5.32 Å². The average Bonchev–Trinajstić information content (AvgIpc) is 3.29. The van der Waals surface area contributed by atoms with E-state index in [0.717, 1.165) is 87.9 Å². The summed E-state index contributed by atoms with van der Waals surface area (Å²) in [4.78, 5) is 151. The van der Waals surface area contributed by atoms with Gasteiger partial charge in [-0.15, -0.1) is 11.8 Å². The van der Waals surface area contributed by atoms with Crippen molar-refractivity contribution in [2.24, 2.45) is 0 Å². The fraction of sp³-hybridized carbons (Fsp3) is 0.739. The molecule has 3 heterocycles. The number of carbonyl (C=O) groups excluding carboxylic acids is 11. The highest BCUT2D eigenvalue weighted by Crippen LogP contribution is 2.42. The van der Waals surface area contributed by atoms with Gasteiger partial charge in [-0.2, -0.15) is 11.8 Å². The number of rotatable bonds is 25. The van der Waals surface area contributed by atoms with Crippen molar-refractivity contribution in [3.63, 3.8) is 0 Å². The van der Waals surface area contributed by atoms with E-state index in [1.54, 1.807) is 0 Å². The monoisotopic (exact) mass is 1160 g/mol. The van der Waals surface area contributed by atoms with Crippen LogP contribution in [-0.4, -0.2) is 222 Å². The minimum absolute atomic E-state index is 0.0629. The Kier molecular flexibility index (Phi) is 25.9. The van der Waals surface area contributed by atoms with E-state index in [1.807, 2.05) is 0 Å². The number of ether oxygens (including phenoxy) is 15. The van der Waals surface area contributed by atoms with Gasteiger partial charge in [-0.25, -0.2) is 4.79 Å². The van der Waals surface area contributed by atoms with Crippen LogP contribution in [0.4, 0.5) is 0 Å². The second kappa shape index (κ2) is 30.5. The highest BCUT2D eigenvalue weighted by atomic mass is 32.2. The summed E-state index contributed by atoms with van der Waals surface area (Å²) in [6.07, 6.45) is -23.8. The lowest BCUT2D eigenvalue weighted by Gasteiger charge is -2.50. The van der Waals surface area contributed by atoms with Gasteiger partial charge in [0.15, 0.2) is 55.3 Å². The van der Waals surface area contributed by atoms with E-state index >= 15 is 0 Å². The van der Waals surface area contributed by atoms with Gasteiger partial charge >= 0.3 is 65.7 Å². The van der Waals surface area contributed by atoms with Crippen LogP contribution in [0.25, 0.3) is 0 Å². The van der Waals surface area contributed by atoms with Crippen LogP contribution in [0.2, 0.25) is 0 Å². The maximum absolute atomic E-state index is 13.1. The van der Waals surface area contributed by atoms with Crippen LogP contribution in [0.3, 0.4) is 0 Å². The van der Waals surface area contributed by atoms with E-state index < -0.39 is 188 Å². The van der Waals surface area contributed by atoms with Crippen LogP contribution in [0.1, 0.15) is 76.2 Å². The molecule has 0 bridgehead atoms. The number of methoxy groups -OCH3 is 1. The largest absolute Gasteiger partial charge is 0.477 e. The van der Waals surface area contributed by atoms with Crippen molar-refractivity contribution in [2.45, 2.75) is 179 Å². The molecule has 0 aliphatic carbocycles. The third-order valence-electron chi connectivity index (χ3n) is 10.9. The molecule has 0 radical (unpaired) electrons. The van der Waals surface area contributed by atoms with Crippen molar-refractivity contribution in [3.05, 3.63) is 0 Å². The molecular weight excluding hydrogens is 1090 g/mol. The van der Waals surface area contributed by atoms with Gasteiger partial charge in [0, 0.05) is 101 Å². The van der Waals surface area contributed by atoms with Crippen molar-refractivity contribution in [1.29, 1.82) is 0 Å². The van der Waals surface area contributed by atoms with Crippen molar-refractivity contribution in [1.82, 2.24) is 5.32 Å². The Morgan fingerprint density at radius 3 is 1.50 bits per heavy atom. The summed E-state index contributed by atoms with van der Waals surface area (Å²) in [6.45, 7) is 9.49. The van der Waals surface area contributed by atoms with E-state index in [1.165, 1.54) is 7.11 Å². The lowest BCUT2D eigenvalue weighted by molar-refractivity contribution is -0.355. The number of esters is 10. The molecule has 0 unspecified atom stereocenters. The Bertz CT molecular complexity index is 2200. The second-order valence-corrected chi connectivity index (χ2v) is 19.8. The fourth-order valence-electron chi connectivity index (χ4n) is 8.37. The number of amides is 1. The summed E-state index contributed by atoms with van der Waals surface area (Å²) >= 11 is 1.65. The first-order valence-corrected chi connectivity index (χ1v) is 25.8.